The number of nitrogens with zero attached hydrogens (tertiary/aromatic N) is 3. The highest BCUT2D eigenvalue weighted by Gasteiger charge is 2.37. The fourth-order valence-electron chi connectivity index (χ4n) is 4.59. The molecule has 2 aromatic heterocycles. The number of sulfonamides is 1. The van der Waals surface area contributed by atoms with Gasteiger partial charge in [-0.25, -0.2) is 13.4 Å². The van der Waals surface area contributed by atoms with Crippen molar-refractivity contribution in [3.05, 3.63) is 69.2 Å². The molecule has 1 aliphatic heterocycles. The molecule has 1 N–H and O–H groups in total. The van der Waals surface area contributed by atoms with E-state index < -0.39 is 15.9 Å². The van der Waals surface area contributed by atoms with Crippen molar-refractivity contribution in [1.82, 2.24) is 14.4 Å². The largest absolute Gasteiger partial charge is 0.355 e. The molecule has 0 saturated carbocycles. The molecule has 3 heterocycles. The first-order valence-corrected chi connectivity index (χ1v) is 13.5. The number of aromatic nitrogens is 2. The van der Waals surface area contributed by atoms with E-state index in [0.717, 1.165) is 22.3 Å². The Hall–Kier alpha value is -3.01. The Bertz CT molecular complexity index is 1390. The van der Waals surface area contributed by atoms with Crippen LogP contribution in [0, 0.1) is 33.6 Å². The zero-order valence-electron chi connectivity index (χ0n) is 20.7. The van der Waals surface area contributed by atoms with Gasteiger partial charge in [0.15, 0.2) is 10.7 Å². The van der Waals surface area contributed by atoms with Crippen LogP contribution >= 0.6 is 11.6 Å². The van der Waals surface area contributed by atoms with Gasteiger partial charge >= 0.3 is 0 Å². The minimum absolute atomic E-state index is 0.0293. The molecule has 0 unspecified atom stereocenters. The number of carbonyl (C=O) groups is 1. The Morgan fingerprint density at radius 3 is 2.56 bits per heavy atom. The van der Waals surface area contributed by atoms with Crippen LogP contribution in [-0.2, 0) is 14.8 Å². The van der Waals surface area contributed by atoms with E-state index >= 15 is 0 Å². The highest BCUT2D eigenvalue weighted by Crippen LogP contribution is 2.30. The van der Waals surface area contributed by atoms with E-state index in [0.29, 0.717) is 30.2 Å². The van der Waals surface area contributed by atoms with E-state index in [1.807, 2.05) is 26.8 Å². The van der Waals surface area contributed by atoms with E-state index in [-0.39, 0.29) is 28.8 Å². The second kappa shape index (κ2) is 10.5. The van der Waals surface area contributed by atoms with Gasteiger partial charge < -0.3 is 9.84 Å². The van der Waals surface area contributed by atoms with Crippen LogP contribution in [-0.4, -0.2) is 41.9 Å². The van der Waals surface area contributed by atoms with Crippen LogP contribution in [0.4, 0.5) is 5.82 Å². The maximum atomic E-state index is 13.7. The van der Waals surface area contributed by atoms with Crippen molar-refractivity contribution >= 4 is 45.5 Å². The number of nitrogens with one attached hydrogen (secondary N) is 1. The van der Waals surface area contributed by atoms with Crippen LogP contribution in [0.5, 0.6) is 0 Å². The molecular formula is C26H29ClN4O4S. The van der Waals surface area contributed by atoms with Crippen molar-refractivity contribution in [3.63, 3.8) is 0 Å². The van der Waals surface area contributed by atoms with E-state index in [1.165, 1.54) is 10.5 Å². The van der Waals surface area contributed by atoms with Crippen molar-refractivity contribution < 1.29 is 17.7 Å². The summed E-state index contributed by atoms with van der Waals surface area (Å²) in [5, 5.41) is 7.15. The summed E-state index contributed by atoms with van der Waals surface area (Å²) >= 11 is 5.85. The molecule has 36 heavy (non-hydrogen) atoms. The molecule has 10 heteroatoms. The quantitative estimate of drug-likeness (QED) is 0.473. The number of hydrogen-bond donors (Lipinski definition) is 1. The highest BCUT2D eigenvalue weighted by atomic mass is 35.5. The molecule has 190 valence electrons. The average molecular weight is 529 g/mol. The number of pyridine rings is 1. The summed E-state index contributed by atoms with van der Waals surface area (Å²) in [6.07, 6.45) is 6.08. The third-order valence-electron chi connectivity index (χ3n) is 6.30. The summed E-state index contributed by atoms with van der Waals surface area (Å²) in [7, 11) is -3.94. The molecule has 0 spiro atoms. The second-order valence-corrected chi connectivity index (χ2v) is 11.5. The summed E-state index contributed by atoms with van der Waals surface area (Å²) in [4.78, 5) is 17.0. The van der Waals surface area contributed by atoms with Gasteiger partial charge in [0.25, 0.3) is 0 Å². The van der Waals surface area contributed by atoms with E-state index in [9.17, 15) is 13.2 Å². The zero-order valence-corrected chi connectivity index (χ0v) is 22.3. The predicted octanol–water partition coefficient (Wildman–Crippen LogP) is 5.17. The Balaban J connectivity index is 1.56. The van der Waals surface area contributed by atoms with Crippen LogP contribution in [0.3, 0.4) is 0 Å². The van der Waals surface area contributed by atoms with Crippen LogP contribution in [0.15, 0.2) is 39.9 Å². The molecule has 0 radical (unpaired) electrons. The topological polar surface area (TPSA) is 105 Å². The Morgan fingerprint density at radius 1 is 1.17 bits per heavy atom. The molecule has 8 nitrogen and oxygen atoms in total. The van der Waals surface area contributed by atoms with Gasteiger partial charge in [-0.2, -0.15) is 4.31 Å². The van der Waals surface area contributed by atoms with Gasteiger partial charge in [0, 0.05) is 19.3 Å². The number of rotatable bonds is 6. The molecule has 1 atom stereocenters. The molecule has 0 aliphatic carbocycles. The molecule has 1 amide bonds. The summed E-state index contributed by atoms with van der Waals surface area (Å²) in [5.74, 6) is -0.252. The second-order valence-electron chi connectivity index (χ2n) is 9.16. The predicted molar refractivity (Wildman–Crippen MR) is 140 cm³/mol. The van der Waals surface area contributed by atoms with Gasteiger partial charge in [-0.15, -0.1) is 0 Å². The summed E-state index contributed by atoms with van der Waals surface area (Å²) in [6.45, 7) is 8.05. The average Bonchev–Trinajstić information content (AvgIpc) is 3.21. The minimum Gasteiger partial charge on any atom is -0.355 e. The zero-order chi connectivity index (χ0) is 26.0. The lowest BCUT2D eigenvalue weighted by Gasteiger charge is -2.31. The number of hydrogen-bond acceptors (Lipinski definition) is 6. The standard InChI is InChI=1S/C26H29ClN4O4S/c1-16-12-17(2)22(18(3)13-16)8-9-23-25(19(4)30-35-23)36(33,34)31-11-5-6-20(15-31)26(32)29-24-10-7-21(27)14-28-24/h7-10,12-14,20H,5-6,11,15H2,1-4H3,(H,28,29,32)/b9-8+/t20-/m1/s1. The number of aryl methyl sites for hydroxylation is 4. The molecule has 0 bridgehead atoms. The smallest absolute Gasteiger partial charge is 0.248 e. The van der Waals surface area contributed by atoms with Gasteiger partial charge in [0.2, 0.25) is 15.9 Å². The van der Waals surface area contributed by atoms with E-state index in [1.54, 1.807) is 25.1 Å². The van der Waals surface area contributed by atoms with Crippen molar-refractivity contribution in [1.29, 1.82) is 0 Å². The fourth-order valence-corrected chi connectivity index (χ4v) is 6.48. The fraction of sp³-hybridized carbons (Fsp3) is 0.346. The highest BCUT2D eigenvalue weighted by molar-refractivity contribution is 7.89. The Morgan fingerprint density at radius 2 is 1.89 bits per heavy atom. The van der Waals surface area contributed by atoms with Crippen LogP contribution in [0.1, 0.15) is 46.5 Å². The third-order valence-corrected chi connectivity index (χ3v) is 8.55. The van der Waals surface area contributed by atoms with Gasteiger partial charge in [-0.3, -0.25) is 4.79 Å². The molecular weight excluding hydrogens is 500 g/mol. The SMILES string of the molecule is Cc1cc(C)c(/C=C/c2onc(C)c2S(=O)(=O)N2CCC[C@@H](C(=O)Nc3ccc(Cl)cn3)C2)c(C)c1. The monoisotopic (exact) mass is 528 g/mol. The molecule has 1 aromatic carbocycles. The van der Waals surface area contributed by atoms with Gasteiger partial charge in [0.05, 0.1) is 10.9 Å². The lowest BCUT2D eigenvalue weighted by Crippen LogP contribution is -2.44. The van der Waals surface area contributed by atoms with Crippen molar-refractivity contribution in [2.75, 3.05) is 18.4 Å². The number of anilines is 1. The normalized spacial score (nSPS) is 17.0. The summed E-state index contributed by atoms with van der Waals surface area (Å²) in [6, 6.07) is 7.39. The molecule has 4 rings (SSSR count). The van der Waals surface area contributed by atoms with Crippen LogP contribution in [0.25, 0.3) is 12.2 Å². The number of piperidine rings is 1. The lowest BCUT2D eigenvalue weighted by atomic mass is 9.99. The molecule has 1 fully saturated rings. The first-order valence-electron chi connectivity index (χ1n) is 11.7. The summed E-state index contributed by atoms with van der Waals surface area (Å²) < 4.78 is 34.1. The first-order chi connectivity index (χ1) is 17.1. The number of halogens is 1. The number of amides is 1. The summed E-state index contributed by atoms with van der Waals surface area (Å²) in [5.41, 5.74) is 4.62. The van der Waals surface area contributed by atoms with Crippen molar-refractivity contribution in [2.24, 2.45) is 5.92 Å². The van der Waals surface area contributed by atoms with Gasteiger partial charge in [-0.1, -0.05) is 40.5 Å². The van der Waals surface area contributed by atoms with Crippen molar-refractivity contribution in [3.8, 4) is 0 Å². The molecule has 1 saturated heterocycles. The third kappa shape index (κ3) is 5.53. The van der Waals surface area contributed by atoms with Crippen LogP contribution in [0.2, 0.25) is 5.02 Å². The van der Waals surface area contributed by atoms with Gasteiger partial charge in [0.1, 0.15) is 11.5 Å². The first kappa shape index (κ1) is 26.1. The minimum atomic E-state index is -3.94. The van der Waals surface area contributed by atoms with Gasteiger partial charge in [-0.05, 0) is 75.4 Å². The molecule has 1 aliphatic rings. The van der Waals surface area contributed by atoms with Crippen LogP contribution < -0.4 is 5.32 Å². The molecule has 3 aromatic rings. The lowest BCUT2D eigenvalue weighted by molar-refractivity contribution is -0.120. The van der Waals surface area contributed by atoms with E-state index in [4.69, 9.17) is 16.1 Å². The maximum absolute atomic E-state index is 13.7. The Labute approximate surface area is 216 Å². The van der Waals surface area contributed by atoms with Crippen molar-refractivity contribution in [2.45, 2.75) is 45.4 Å². The number of carbonyl (C=O) groups excluding carboxylic acids is 1. The number of benzene rings is 1. The Kier molecular flexibility index (Phi) is 7.63. The van der Waals surface area contributed by atoms with E-state index in [2.05, 4.69) is 27.6 Å². The maximum Gasteiger partial charge on any atom is 0.248 e.